The van der Waals surface area contributed by atoms with Crippen molar-refractivity contribution in [2.45, 2.75) is 36.3 Å². The van der Waals surface area contributed by atoms with Gasteiger partial charge in [-0.15, -0.1) is 11.6 Å². The van der Waals surface area contributed by atoms with Gasteiger partial charge >= 0.3 is 0 Å². The second-order valence-corrected chi connectivity index (χ2v) is 7.43. The lowest BCUT2D eigenvalue weighted by Gasteiger charge is -2.30. The molecule has 1 saturated heterocycles. The zero-order chi connectivity index (χ0) is 15.1. The summed E-state index contributed by atoms with van der Waals surface area (Å²) in [6, 6.07) is 0. The lowest BCUT2D eigenvalue weighted by Crippen LogP contribution is -2.43. The van der Waals surface area contributed by atoms with E-state index in [0.717, 1.165) is 38.8 Å². The Kier molecular flexibility index (Phi) is 7.14. The minimum absolute atomic E-state index is 0.0304. The van der Waals surface area contributed by atoms with E-state index in [2.05, 4.69) is 12.3 Å². The molecule has 118 valence electrons. The van der Waals surface area contributed by atoms with E-state index in [1.165, 1.54) is 0 Å². The average Bonchev–Trinajstić information content (AvgIpc) is 2.53. The molecule has 2 fully saturated rings. The highest BCUT2D eigenvalue weighted by atomic mass is 35.5. The van der Waals surface area contributed by atoms with E-state index < -0.39 is 0 Å². The summed E-state index contributed by atoms with van der Waals surface area (Å²) in [5.41, 5.74) is 0. The van der Waals surface area contributed by atoms with Crippen LogP contribution in [0.2, 0.25) is 0 Å². The molecule has 1 amide bonds. The lowest BCUT2D eigenvalue weighted by atomic mass is 9.89. The second-order valence-electron chi connectivity index (χ2n) is 5.67. The molecule has 0 aromatic heterocycles. The summed E-state index contributed by atoms with van der Waals surface area (Å²) in [6.07, 6.45) is 14.2. The van der Waals surface area contributed by atoms with E-state index in [4.69, 9.17) is 16.3 Å². The molecular formula is C16H24ClNO2S. The zero-order valence-corrected chi connectivity index (χ0v) is 14.1. The monoisotopic (exact) mass is 329 g/mol. The number of amides is 1. The molecule has 1 aliphatic carbocycles. The molecule has 21 heavy (non-hydrogen) atoms. The topological polar surface area (TPSA) is 29.5 Å². The largest absolute Gasteiger partial charge is 0.360 e. The molecule has 1 heterocycles. The van der Waals surface area contributed by atoms with Gasteiger partial charge in [0.2, 0.25) is 5.91 Å². The van der Waals surface area contributed by atoms with Crippen LogP contribution in [-0.2, 0) is 9.53 Å². The highest BCUT2D eigenvalue weighted by Gasteiger charge is 2.22. The van der Waals surface area contributed by atoms with Gasteiger partial charge in [0.05, 0.1) is 6.61 Å². The maximum absolute atomic E-state index is 12.1. The molecule has 2 rings (SSSR count). The number of alkyl halides is 1. The maximum Gasteiger partial charge on any atom is 0.248 e. The molecule has 0 aromatic rings. The summed E-state index contributed by atoms with van der Waals surface area (Å²) in [7, 11) is 0. The van der Waals surface area contributed by atoms with Crippen LogP contribution in [0.1, 0.15) is 25.7 Å². The first-order valence-electron chi connectivity index (χ1n) is 7.57. The summed E-state index contributed by atoms with van der Waals surface area (Å²) >= 11 is 7.84. The molecule has 1 atom stereocenters. The van der Waals surface area contributed by atoms with E-state index in [9.17, 15) is 4.79 Å². The SMILES string of the molecule is CSC1COCN(C(=O)/C=C/C=C/C2CCC(Cl)CC2)C1. The van der Waals surface area contributed by atoms with Gasteiger partial charge in [-0.2, -0.15) is 11.8 Å². The molecule has 5 heteroatoms. The van der Waals surface area contributed by atoms with Gasteiger partial charge in [-0.25, -0.2) is 0 Å². The highest BCUT2D eigenvalue weighted by molar-refractivity contribution is 7.99. The Balaban J connectivity index is 1.74. The molecule has 0 radical (unpaired) electrons. The fourth-order valence-corrected chi connectivity index (χ4v) is 3.49. The summed E-state index contributed by atoms with van der Waals surface area (Å²) < 4.78 is 5.44. The molecule has 0 spiro atoms. The molecule has 1 saturated carbocycles. The van der Waals surface area contributed by atoms with Gasteiger partial charge in [-0.1, -0.05) is 18.2 Å². The van der Waals surface area contributed by atoms with Gasteiger partial charge in [0.15, 0.2) is 0 Å². The van der Waals surface area contributed by atoms with Crippen molar-refractivity contribution in [2.75, 3.05) is 26.1 Å². The number of ether oxygens (including phenoxy) is 1. The molecule has 0 N–H and O–H groups in total. The number of carbonyl (C=O) groups is 1. The third kappa shape index (κ3) is 5.68. The standard InChI is InChI=1S/C16H24ClNO2S/c1-21-15-10-18(12-20-11-15)16(19)5-3-2-4-13-6-8-14(17)9-7-13/h2-5,13-15H,6-12H2,1H3/b4-2+,5-3+. The van der Waals surface area contributed by atoms with Crippen molar-refractivity contribution < 1.29 is 9.53 Å². The Morgan fingerprint density at radius 2 is 2.05 bits per heavy atom. The number of carbonyl (C=O) groups excluding carboxylic acids is 1. The molecule has 1 aliphatic heterocycles. The number of allylic oxidation sites excluding steroid dienone is 3. The third-order valence-corrected chi connectivity index (χ3v) is 5.44. The quantitative estimate of drug-likeness (QED) is 0.449. The van der Waals surface area contributed by atoms with E-state index >= 15 is 0 Å². The fraction of sp³-hybridized carbons (Fsp3) is 0.688. The third-order valence-electron chi connectivity index (χ3n) is 4.05. The Bertz CT molecular complexity index is 392. The number of nitrogens with zero attached hydrogens (tertiary/aromatic N) is 1. The van der Waals surface area contributed by atoms with Crippen LogP contribution in [0, 0.1) is 5.92 Å². The van der Waals surface area contributed by atoms with Crippen molar-refractivity contribution >= 4 is 29.3 Å². The van der Waals surface area contributed by atoms with E-state index in [1.807, 2.05) is 12.2 Å². The molecule has 0 bridgehead atoms. The fourth-order valence-electron chi connectivity index (χ4n) is 2.68. The predicted molar refractivity (Wildman–Crippen MR) is 89.7 cm³/mol. The van der Waals surface area contributed by atoms with Crippen molar-refractivity contribution in [3.05, 3.63) is 24.3 Å². The van der Waals surface area contributed by atoms with Crippen molar-refractivity contribution in [3.8, 4) is 0 Å². The number of thioether (sulfide) groups is 1. The molecular weight excluding hydrogens is 306 g/mol. The minimum atomic E-state index is 0.0304. The van der Waals surface area contributed by atoms with Crippen LogP contribution in [0.4, 0.5) is 0 Å². The average molecular weight is 330 g/mol. The van der Waals surface area contributed by atoms with Gasteiger partial charge in [-0.05, 0) is 37.9 Å². The first kappa shape index (κ1) is 16.9. The van der Waals surface area contributed by atoms with Crippen molar-refractivity contribution in [2.24, 2.45) is 5.92 Å². The predicted octanol–water partition coefficient (Wildman–Crippen LogP) is 3.44. The number of hydrogen-bond donors (Lipinski definition) is 0. The maximum atomic E-state index is 12.1. The second kappa shape index (κ2) is 8.86. The van der Waals surface area contributed by atoms with E-state index in [-0.39, 0.29) is 5.91 Å². The first-order valence-corrected chi connectivity index (χ1v) is 9.30. The number of halogens is 1. The van der Waals surface area contributed by atoms with Crippen LogP contribution >= 0.6 is 23.4 Å². The van der Waals surface area contributed by atoms with Crippen LogP contribution in [0.25, 0.3) is 0 Å². The van der Waals surface area contributed by atoms with Gasteiger partial charge in [0.25, 0.3) is 0 Å². The lowest BCUT2D eigenvalue weighted by molar-refractivity contribution is -0.134. The van der Waals surface area contributed by atoms with Crippen LogP contribution < -0.4 is 0 Å². The van der Waals surface area contributed by atoms with Crippen molar-refractivity contribution in [1.29, 1.82) is 0 Å². The Morgan fingerprint density at radius 3 is 2.76 bits per heavy atom. The Labute approximate surface area is 136 Å². The Morgan fingerprint density at radius 1 is 1.29 bits per heavy atom. The van der Waals surface area contributed by atoms with Gasteiger partial charge in [0, 0.05) is 23.2 Å². The minimum Gasteiger partial charge on any atom is -0.360 e. The van der Waals surface area contributed by atoms with Crippen LogP contribution in [-0.4, -0.2) is 47.6 Å². The van der Waals surface area contributed by atoms with Crippen LogP contribution in [0.15, 0.2) is 24.3 Å². The molecule has 1 unspecified atom stereocenters. The highest BCUT2D eigenvalue weighted by Crippen LogP contribution is 2.28. The molecule has 2 aliphatic rings. The van der Waals surface area contributed by atoms with E-state index in [0.29, 0.717) is 23.3 Å². The van der Waals surface area contributed by atoms with Crippen molar-refractivity contribution in [1.82, 2.24) is 4.90 Å². The summed E-state index contributed by atoms with van der Waals surface area (Å²) in [5, 5.41) is 0.743. The van der Waals surface area contributed by atoms with Gasteiger partial charge < -0.3 is 9.64 Å². The van der Waals surface area contributed by atoms with Crippen molar-refractivity contribution in [3.63, 3.8) is 0 Å². The molecule has 0 aromatic carbocycles. The van der Waals surface area contributed by atoms with Crippen LogP contribution in [0.5, 0.6) is 0 Å². The molecule has 3 nitrogen and oxygen atoms in total. The van der Waals surface area contributed by atoms with E-state index in [1.54, 1.807) is 22.7 Å². The summed E-state index contributed by atoms with van der Waals surface area (Å²) in [5.74, 6) is 0.641. The smallest absolute Gasteiger partial charge is 0.248 e. The summed E-state index contributed by atoms with van der Waals surface area (Å²) in [6.45, 7) is 1.91. The van der Waals surface area contributed by atoms with Crippen LogP contribution in [0.3, 0.4) is 0 Å². The normalized spacial score (nSPS) is 31.1. The van der Waals surface area contributed by atoms with Gasteiger partial charge in [0.1, 0.15) is 6.73 Å². The first-order chi connectivity index (χ1) is 10.2. The Hall–Kier alpha value is -0.450. The zero-order valence-electron chi connectivity index (χ0n) is 12.5. The van der Waals surface area contributed by atoms with Gasteiger partial charge in [-0.3, -0.25) is 4.79 Å². The number of hydrogen-bond acceptors (Lipinski definition) is 3. The number of rotatable bonds is 4. The summed E-state index contributed by atoms with van der Waals surface area (Å²) in [4.78, 5) is 13.8.